The molecular formula is C8H17IO. The summed E-state index contributed by atoms with van der Waals surface area (Å²) in [7, 11) is 0. The minimum Gasteiger partial charge on any atom is -0.375 e. The number of rotatable bonds is 5. The molecule has 0 rings (SSSR count). The van der Waals surface area contributed by atoms with Crippen molar-refractivity contribution in [3.8, 4) is 0 Å². The molecule has 0 radical (unpaired) electrons. The largest absolute Gasteiger partial charge is 0.375 e. The van der Waals surface area contributed by atoms with Crippen molar-refractivity contribution in [2.75, 3.05) is 4.43 Å². The van der Waals surface area contributed by atoms with Crippen LogP contribution in [0.15, 0.2) is 0 Å². The summed E-state index contributed by atoms with van der Waals surface area (Å²) in [5.74, 6) is 0. The molecule has 10 heavy (non-hydrogen) atoms. The number of hydrogen-bond donors (Lipinski definition) is 0. The minimum atomic E-state index is 0.381. The van der Waals surface area contributed by atoms with Crippen LogP contribution in [-0.4, -0.2) is 16.6 Å². The van der Waals surface area contributed by atoms with Gasteiger partial charge in [0, 0.05) is 4.43 Å². The van der Waals surface area contributed by atoms with E-state index < -0.39 is 0 Å². The highest BCUT2D eigenvalue weighted by atomic mass is 127. The Hall–Kier alpha value is 0.690. The maximum absolute atomic E-state index is 5.63. The van der Waals surface area contributed by atoms with Crippen molar-refractivity contribution < 1.29 is 4.74 Å². The second-order valence-electron chi connectivity index (χ2n) is 2.75. The molecule has 62 valence electrons. The molecule has 0 aromatic heterocycles. The molecule has 2 heteroatoms. The molecule has 0 saturated carbocycles. The third-order valence-corrected chi connectivity index (χ3v) is 2.23. The Morgan fingerprint density at radius 1 is 1.40 bits per heavy atom. The smallest absolute Gasteiger partial charge is 0.0667 e. The lowest BCUT2D eigenvalue weighted by molar-refractivity contribution is 0.0186. The molecule has 0 aromatic rings. The van der Waals surface area contributed by atoms with E-state index in [1.165, 1.54) is 12.8 Å². The molecule has 0 amide bonds. The molecule has 1 nitrogen and oxygen atoms in total. The van der Waals surface area contributed by atoms with Crippen molar-refractivity contribution in [2.24, 2.45) is 0 Å². The lowest BCUT2D eigenvalue weighted by atomic mass is 10.2. The third-order valence-electron chi connectivity index (χ3n) is 1.25. The molecule has 0 aliphatic heterocycles. The highest BCUT2D eigenvalue weighted by Gasteiger charge is 2.06. The summed E-state index contributed by atoms with van der Waals surface area (Å²) in [5, 5.41) is 0. The van der Waals surface area contributed by atoms with Crippen molar-refractivity contribution in [3.63, 3.8) is 0 Å². The normalized spacial score (nSPS) is 14.1. The molecule has 0 fully saturated rings. The molecule has 1 unspecified atom stereocenters. The van der Waals surface area contributed by atoms with Crippen LogP contribution >= 0.6 is 22.6 Å². The van der Waals surface area contributed by atoms with E-state index >= 15 is 0 Å². The zero-order valence-electron chi connectivity index (χ0n) is 7.06. The zero-order chi connectivity index (χ0) is 7.98. The Morgan fingerprint density at radius 3 is 2.30 bits per heavy atom. The second-order valence-corrected chi connectivity index (χ2v) is 3.63. The van der Waals surface area contributed by atoms with E-state index in [0.717, 1.165) is 4.43 Å². The van der Waals surface area contributed by atoms with Gasteiger partial charge in [-0.05, 0) is 20.3 Å². The van der Waals surface area contributed by atoms with Gasteiger partial charge in [-0.3, -0.25) is 0 Å². The Bertz CT molecular complexity index is 73.7. The SMILES string of the molecule is CCCC(CI)OC(C)C. The fraction of sp³-hybridized carbons (Fsp3) is 1.00. The topological polar surface area (TPSA) is 9.23 Å². The first-order valence-electron chi connectivity index (χ1n) is 3.92. The number of alkyl halides is 1. The van der Waals surface area contributed by atoms with E-state index in [1.54, 1.807) is 0 Å². The summed E-state index contributed by atoms with van der Waals surface area (Å²) in [4.78, 5) is 0. The van der Waals surface area contributed by atoms with Crippen molar-refractivity contribution in [1.82, 2.24) is 0 Å². The van der Waals surface area contributed by atoms with E-state index in [0.29, 0.717) is 12.2 Å². The molecule has 0 aromatic carbocycles. The van der Waals surface area contributed by atoms with Gasteiger partial charge in [0.15, 0.2) is 0 Å². The van der Waals surface area contributed by atoms with Gasteiger partial charge in [-0.25, -0.2) is 0 Å². The lowest BCUT2D eigenvalue weighted by Gasteiger charge is -2.16. The average molecular weight is 256 g/mol. The predicted octanol–water partition coefficient (Wildman–Crippen LogP) is 3.02. The number of hydrogen-bond acceptors (Lipinski definition) is 1. The molecule has 0 bridgehead atoms. The molecule has 1 atom stereocenters. The van der Waals surface area contributed by atoms with Crippen LogP contribution in [0.2, 0.25) is 0 Å². The van der Waals surface area contributed by atoms with E-state index in [4.69, 9.17) is 4.74 Å². The Morgan fingerprint density at radius 2 is 2.00 bits per heavy atom. The zero-order valence-corrected chi connectivity index (χ0v) is 9.22. The molecule has 0 aliphatic carbocycles. The number of halogens is 1. The summed E-state index contributed by atoms with van der Waals surface area (Å²) >= 11 is 2.38. The van der Waals surface area contributed by atoms with Gasteiger partial charge in [0.25, 0.3) is 0 Å². The highest BCUT2D eigenvalue weighted by Crippen LogP contribution is 2.08. The molecular weight excluding hydrogens is 239 g/mol. The Labute approximate surface area is 77.7 Å². The van der Waals surface area contributed by atoms with Crippen molar-refractivity contribution in [3.05, 3.63) is 0 Å². The van der Waals surface area contributed by atoms with E-state index in [2.05, 4.69) is 43.4 Å². The molecule has 0 heterocycles. The van der Waals surface area contributed by atoms with Crippen molar-refractivity contribution >= 4 is 22.6 Å². The summed E-state index contributed by atoms with van der Waals surface area (Å²) in [5.41, 5.74) is 0. The van der Waals surface area contributed by atoms with Crippen LogP contribution in [-0.2, 0) is 4.74 Å². The van der Waals surface area contributed by atoms with Crippen LogP contribution in [0.25, 0.3) is 0 Å². The Kier molecular flexibility index (Phi) is 6.85. The summed E-state index contributed by atoms with van der Waals surface area (Å²) in [6.07, 6.45) is 3.28. The van der Waals surface area contributed by atoms with E-state index in [9.17, 15) is 0 Å². The number of ether oxygens (including phenoxy) is 1. The third kappa shape index (κ3) is 5.47. The van der Waals surface area contributed by atoms with Crippen LogP contribution in [0, 0.1) is 0 Å². The van der Waals surface area contributed by atoms with Gasteiger partial charge in [0.2, 0.25) is 0 Å². The maximum atomic E-state index is 5.63. The van der Waals surface area contributed by atoms with Gasteiger partial charge in [-0.15, -0.1) is 0 Å². The minimum absolute atomic E-state index is 0.381. The van der Waals surface area contributed by atoms with Crippen LogP contribution in [0.3, 0.4) is 0 Å². The van der Waals surface area contributed by atoms with E-state index in [1.807, 2.05) is 0 Å². The molecule has 0 N–H and O–H groups in total. The average Bonchev–Trinajstić information content (AvgIpc) is 1.86. The van der Waals surface area contributed by atoms with Gasteiger partial charge in [-0.2, -0.15) is 0 Å². The maximum Gasteiger partial charge on any atom is 0.0667 e. The highest BCUT2D eigenvalue weighted by molar-refractivity contribution is 14.1. The van der Waals surface area contributed by atoms with Crippen molar-refractivity contribution in [1.29, 1.82) is 0 Å². The molecule has 0 spiro atoms. The quantitative estimate of drug-likeness (QED) is 0.542. The molecule has 0 saturated heterocycles. The van der Waals surface area contributed by atoms with Crippen LogP contribution in [0.5, 0.6) is 0 Å². The first kappa shape index (κ1) is 10.7. The second kappa shape index (κ2) is 6.40. The summed E-state index contributed by atoms with van der Waals surface area (Å²) in [6.45, 7) is 6.38. The monoisotopic (exact) mass is 256 g/mol. The first-order chi connectivity index (χ1) is 4.70. The van der Waals surface area contributed by atoms with Crippen LogP contribution in [0.4, 0.5) is 0 Å². The Balaban J connectivity index is 3.39. The van der Waals surface area contributed by atoms with Crippen LogP contribution < -0.4 is 0 Å². The fourth-order valence-electron chi connectivity index (χ4n) is 0.888. The predicted molar refractivity (Wildman–Crippen MR) is 53.8 cm³/mol. The fourth-order valence-corrected chi connectivity index (χ4v) is 1.54. The van der Waals surface area contributed by atoms with Gasteiger partial charge >= 0.3 is 0 Å². The van der Waals surface area contributed by atoms with Crippen molar-refractivity contribution in [2.45, 2.75) is 45.8 Å². The van der Waals surface area contributed by atoms with Crippen LogP contribution in [0.1, 0.15) is 33.6 Å². The first-order valence-corrected chi connectivity index (χ1v) is 5.44. The van der Waals surface area contributed by atoms with E-state index in [-0.39, 0.29) is 0 Å². The standard InChI is InChI=1S/C8H17IO/c1-4-5-8(6-9)10-7(2)3/h7-8H,4-6H2,1-3H3. The van der Waals surface area contributed by atoms with Gasteiger partial charge < -0.3 is 4.74 Å². The lowest BCUT2D eigenvalue weighted by Crippen LogP contribution is -2.18. The van der Waals surface area contributed by atoms with Gasteiger partial charge in [-0.1, -0.05) is 35.9 Å². The van der Waals surface area contributed by atoms with Gasteiger partial charge in [0.1, 0.15) is 0 Å². The summed E-state index contributed by atoms with van der Waals surface area (Å²) < 4.78 is 6.75. The van der Waals surface area contributed by atoms with Gasteiger partial charge in [0.05, 0.1) is 12.2 Å². The summed E-state index contributed by atoms with van der Waals surface area (Å²) in [6, 6.07) is 0. The molecule has 0 aliphatic rings.